The Morgan fingerprint density at radius 2 is 1.48 bits per heavy atom. The molecule has 14 heteroatoms. The SMILES string of the molecule is CC[C@H](C)[C@@H](C(CC(=O)N1CCC[C@H]1[C@H](OC)[C@@H](C)C(=O)N[C@@H](Cc1ccccc1)C(=O)N(C)C)OC)N(C)C(=O)[C@@H](NC(=O)[C@H](C(C)C)N1CCNCC1)C(C)C. The van der Waals surface area contributed by atoms with E-state index in [1.54, 1.807) is 52.1 Å². The van der Waals surface area contributed by atoms with Crippen LogP contribution in [0.3, 0.4) is 0 Å². The van der Waals surface area contributed by atoms with Gasteiger partial charge in [-0.3, -0.25) is 28.9 Å². The minimum atomic E-state index is -0.765. The average Bonchev–Trinajstić information content (AvgIpc) is 3.69. The van der Waals surface area contributed by atoms with Crippen molar-refractivity contribution >= 4 is 29.5 Å². The quantitative estimate of drug-likeness (QED) is 0.170. The molecule has 0 saturated carbocycles. The summed E-state index contributed by atoms with van der Waals surface area (Å²) in [5, 5.41) is 9.46. The van der Waals surface area contributed by atoms with E-state index < -0.39 is 36.3 Å². The van der Waals surface area contributed by atoms with Gasteiger partial charge in [0.25, 0.3) is 0 Å². The van der Waals surface area contributed by atoms with Gasteiger partial charge in [0.2, 0.25) is 29.5 Å². The Labute approximate surface area is 348 Å². The second-order valence-electron chi connectivity index (χ2n) is 17.3. The molecule has 3 rings (SSSR count). The molecular weight excluding hydrogens is 739 g/mol. The van der Waals surface area contributed by atoms with Crippen molar-refractivity contribution < 1.29 is 33.4 Å². The second-order valence-corrected chi connectivity index (χ2v) is 17.3. The molecular formula is C44H75N7O7. The fraction of sp³-hybridized carbons (Fsp3) is 0.750. The first kappa shape index (κ1) is 48.8. The molecule has 1 aromatic carbocycles. The van der Waals surface area contributed by atoms with Gasteiger partial charge in [0.15, 0.2) is 0 Å². The first-order valence-corrected chi connectivity index (χ1v) is 21.4. The number of amides is 5. The molecule has 0 aromatic heterocycles. The van der Waals surface area contributed by atoms with Crippen molar-refractivity contribution in [1.82, 2.24) is 35.6 Å². The fourth-order valence-electron chi connectivity index (χ4n) is 8.79. The number of hydrogen-bond acceptors (Lipinski definition) is 9. The predicted molar refractivity (Wildman–Crippen MR) is 227 cm³/mol. The van der Waals surface area contributed by atoms with E-state index in [9.17, 15) is 24.0 Å². The summed E-state index contributed by atoms with van der Waals surface area (Å²) in [6, 6.07) is 6.84. The Morgan fingerprint density at radius 1 is 0.845 bits per heavy atom. The maximum Gasteiger partial charge on any atom is 0.245 e. The van der Waals surface area contributed by atoms with E-state index in [0.29, 0.717) is 19.4 Å². The molecule has 328 valence electrons. The highest BCUT2D eigenvalue weighted by Gasteiger charge is 2.44. The Kier molecular flexibility index (Phi) is 19.6. The van der Waals surface area contributed by atoms with E-state index in [4.69, 9.17) is 9.47 Å². The minimum absolute atomic E-state index is 0.0181. The van der Waals surface area contributed by atoms with Gasteiger partial charge in [-0.25, -0.2) is 0 Å². The van der Waals surface area contributed by atoms with Crippen LogP contribution in [0.4, 0.5) is 0 Å². The average molecular weight is 814 g/mol. The van der Waals surface area contributed by atoms with Crippen LogP contribution < -0.4 is 16.0 Å². The Bertz CT molecular complexity index is 1470. The monoisotopic (exact) mass is 814 g/mol. The maximum absolute atomic E-state index is 14.4. The van der Waals surface area contributed by atoms with Gasteiger partial charge >= 0.3 is 0 Å². The van der Waals surface area contributed by atoms with Crippen molar-refractivity contribution in [2.75, 3.05) is 68.1 Å². The predicted octanol–water partition coefficient (Wildman–Crippen LogP) is 2.79. The lowest BCUT2D eigenvalue weighted by Gasteiger charge is -2.41. The van der Waals surface area contributed by atoms with Gasteiger partial charge in [-0.2, -0.15) is 0 Å². The molecule has 3 N–H and O–H groups in total. The standard InChI is InChI=1S/C44H75N7O7/c1-13-30(6)39(49(10)44(56)37(28(2)3)47-42(54)38(29(4)5)50-24-21-45-22-25-50)35(57-11)27-36(52)51-23-17-20-34(51)40(58-12)31(7)41(53)46-33(43(55)48(8)9)26-32-18-15-14-16-19-32/h14-16,18-19,28-31,33-35,37-40,45H,13,17,20-27H2,1-12H3,(H,46,53)(H,47,54)/t30-,31+,33-,34-,35?,37-,38-,39-,40+/m0/s1. The first-order chi connectivity index (χ1) is 27.5. The van der Waals surface area contributed by atoms with E-state index in [-0.39, 0.29) is 65.8 Å². The van der Waals surface area contributed by atoms with Crippen LogP contribution in [0.2, 0.25) is 0 Å². The summed E-state index contributed by atoms with van der Waals surface area (Å²) in [4.78, 5) is 76.8. The molecule has 0 bridgehead atoms. The molecule has 14 nitrogen and oxygen atoms in total. The number of likely N-dealkylation sites (N-methyl/N-ethyl adjacent to an activating group) is 2. The van der Waals surface area contributed by atoms with Gasteiger partial charge < -0.3 is 40.1 Å². The zero-order valence-electron chi connectivity index (χ0n) is 37.5. The van der Waals surface area contributed by atoms with Crippen LogP contribution in [-0.2, 0) is 39.9 Å². The number of benzene rings is 1. The van der Waals surface area contributed by atoms with Crippen LogP contribution in [0, 0.1) is 23.7 Å². The zero-order valence-corrected chi connectivity index (χ0v) is 37.5. The van der Waals surface area contributed by atoms with Crippen LogP contribution in [0.25, 0.3) is 0 Å². The van der Waals surface area contributed by atoms with Crippen LogP contribution in [0.5, 0.6) is 0 Å². The molecule has 2 aliphatic heterocycles. The van der Waals surface area contributed by atoms with Gasteiger partial charge in [0, 0.05) is 74.5 Å². The Morgan fingerprint density at radius 3 is 2.02 bits per heavy atom. The van der Waals surface area contributed by atoms with E-state index in [1.165, 1.54) is 4.90 Å². The number of hydrogen-bond donors (Lipinski definition) is 3. The van der Waals surface area contributed by atoms with Crippen molar-refractivity contribution in [3.63, 3.8) is 0 Å². The van der Waals surface area contributed by atoms with Gasteiger partial charge in [-0.1, -0.05) is 85.2 Å². The summed E-state index contributed by atoms with van der Waals surface area (Å²) >= 11 is 0. The normalized spacial score (nSPS) is 20.4. The lowest BCUT2D eigenvalue weighted by Crippen LogP contribution is -2.61. The molecule has 5 amide bonds. The second kappa shape index (κ2) is 23.3. The number of nitrogens with zero attached hydrogens (tertiary/aromatic N) is 4. The maximum atomic E-state index is 14.4. The third-order valence-electron chi connectivity index (χ3n) is 12.3. The van der Waals surface area contributed by atoms with Crippen LogP contribution in [-0.4, -0.2) is 160 Å². The Hall–Kier alpha value is -3.59. The van der Waals surface area contributed by atoms with Gasteiger partial charge in [0.05, 0.1) is 42.7 Å². The van der Waals surface area contributed by atoms with Crippen LogP contribution in [0.15, 0.2) is 30.3 Å². The molecule has 58 heavy (non-hydrogen) atoms. The van der Waals surface area contributed by atoms with E-state index in [0.717, 1.165) is 44.6 Å². The smallest absolute Gasteiger partial charge is 0.245 e. The molecule has 0 radical (unpaired) electrons. The number of piperazine rings is 1. The number of likely N-dealkylation sites (tertiary alicyclic amines) is 1. The lowest BCUT2D eigenvalue weighted by atomic mass is 9.89. The molecule has 9 atom stereocenters. The number of carbonyl (C=O) groups is 5. The number of methoxy groups -OCH3 is 2. The lowest BCUT2D eigenvalue weighted by molar-refractivity contribution is -0.148. The molecule has 2 aliphatic rings. The van der Waals surface area contributed by atoms with Gasteiger partial charge in [-0.05, 0) is 36.2 Å². The van der Waals surface area contributed by atoms with Crippen molar-refractivity contribution in [3.8, 4) is 0 Å². The molecule has 2 fully saturated rings. The number of carbonyl (C=O) groups excluding carboxylic acids is 5. The van der Waals surface area contributed by atoms with Crippen molar-refractivity contribution in [3.05, 3.63) is 35.9 Å². The van der Waals surface area contributed by atoms with E-state index in [2.05, 4.69) is 34.7 Å². The molecule has 2 saturated heterocycles. The van der Waals surface area contributed by atoms with E-state index >= 15 is 0 Å². The molecule has 0 aliphatic carbocycles. The Balaban J connectivity index is 1.79. The largest absolute Gasteiger partial charge is 0.379 e. The third kappa shape index (κ3) is 12.7. The van der Waals surface area contributed by atoms with Gasteiger partial charge in [0.1, 0.15) is 12.1 Å². The topological polar surface area (TPSA) is 153 Å². The van der Waals surface area contributed by atoms with Crippen molar-refractivity contribution in [1.29, 1.82) is 0 Å². The van der Waals surface area contributed by atoms with Crippen LogP contribution >= 0.6 is 0 Å². The van der Waals surface area contributed by atoms with Gasteiger partial charge in [-0.15, -0.1) is 0 Å². The van der Waals surface area contributed by atoms with Crippen molar-refractivity contribution in [2.24, 2.45) is 23.7 Å². The molecule has 0 spiro atoms. The summed E-state index contributed by atoms with van der Waals surface area (Å²) < 4.78 is 12.1. The highest BCUT2D eigenvalue weighted by atomic mass is 16.5. The molecule has 1 unspecified atom stereocenters. The third-order valence-corrected chi connectivity index (χ3v) is 12.3. The number of ether oxygens (including phenoxy) is 2. The summed E-state index contributed by atoms with van der Waals surface area (Å²) in [6.45, 7) is 17.5. The number of nitrogens with one attached hydrogen (secondary N) is 3. The molecule has 1 aromatic rings. The first-order valence-electron chi connectivity index (χ1n) is 21.4. The zero-order chi connectivity index (χ0) is 43.3. The van der Waals surface area contributed by atoms with E-state index in [1.807, 2.05) is 58.0 Å². The highest BCUT2D eigenvalue weighted by molar-refractivity contribution is 5.90. The van der Waals surface area contributed by atoms with Crippen LogP contribution in [0.1, 0.15) is 79.7 Å². The summed E-state index contributed by atoms with van der Waals surface area (Å²) in [7, 11) is 8.21. The summed E-state index contributed by atoms with van der Waals surface area (Å²) in [6.07, 6.45) is 1.23. The highest BCUT2D eigenvalue weighted by Crippen LogP contribution is 2.30. The fourth-order valence-corrected chi connectivity index (χ4v) is 8.79. The van der Waals surface area contributed by atoms with Crippen molar-refractivity contribution in [2.45, 2.75) is 123 Å². The summed E-state index contributed by atoms with van der Waals surface area (Å²) in [5.41, 5.74) is 0.928. The minimum Gasteiger partial charge on any atom is -0.379 e. The summed E-state index contributed by atoms with van der Waals surface area (Å²) in [5.74, 6) is -1.87. The molecule has 2 heterocycles. The number of rotatable bonds is 21.